The molecule has 0 aromatic heterocycles. The second kappa shape index (κ2) is 5.07. The summed E-state index contributed by atoms with van der Waals surface area (Å²) in [5, 5.41) is 5.48. The van der Waals surface area contributed by atoms with Crippen LogP contribution in [0.4, 0.5) is 5.69 Å². The van der Waals surface area contributed by atoms with E-state index in [9.17, 15) is 8.42 Å². The molecule has 1 unspecified atom stereocenters. The second-order valence-corrected chi connectivity index (χ2v) is 6.60. The minimum Gasteiger partial charge on any atom is -0.399 e. The smallest absolute Gasteiger partial charge is 0.239 e. The summed E-state index contributed by atoms with van der Waals surface area (Å²) in [6, 6.07) is 4.78. The quantitative estimate of drug-likeness (QED) is 0.638. The minimum atomic E-state index is -3.71. The lowest BCUT2D eigenvalue weighted by Gasteiger charge is -2.12. The standard InChI is InChI=1S/C10H16N2O2S2/c1-3-7(2)15-9-5-4-8(11)6-10(9)16(12,13)14/h4-7H,3,11H2,1-2H3,(H2,12,13,14). The Bertz CT molecular complexity index is 472. The summed E-state index contributed by atoms with van der Waals surface area (Å²) in [5.41, 5.74) is 5.96. The Labute approximate surface area is 100 Å². The van der Waals surface area contributed by atoms with Gasteiger partial charge in [0.2, 0.25) is 10.0 Å². The van der Waals surface area contributed by atoms with E-state index in [0.717, 1.165) is 6.42 Å². The molecule has 0 aliphatic carbocycles. The van der Waals surface area contributed by atoms with Gasteiger partial charge in [0.15, 0.2) is 0 Å². The van der Waals surface area contributed by atoms with E-state index in [1.165, 1.54) is 17.8 Å². The van der Waals surface area contributed by atoms with Crippen LogP contribution in [-0.4, -0.2) is 13.7 Å². The van der Waals surface area contributed by atoms with Gasteiger partial charge < -0.3 is 5.73 Å². The fourth-order valence-electron chi connectivity index (χ4n) is 1.14. The fourth-order valence-corrected chi connectivity index (χ4v) is 3.21. The summed E-state index contributed by atoms with van der Waals surface area (Å²) in [6.07, 6.45) is 0.957. The number of anilines is 1. The van der Waals surface area contributed by atoms with E-state index in [-0.39, 0.29) is 4.90 Å². The number of primary sulfonamides is 1. The van der Waals surface area contributed by atoms with Crippen molar-refractivity contribution in [2.45, 2.75) is 35.3 Å². The number of sulfonamides is 1. The molecule has 0 bridgehead atoms. The highest BCUT2D eigenvalue weighted by atomic mass is 32.2. The van der Waals surface area contributed by atoms with Crippen molar-refractivity contribution in [2.75, 3.05) is 5.73 Å². The molecule has 16 heavy (non-hydrogen) atoms. The van der Waals surface area contributed by atoms with Crippen LogP contribution in [-0.2, 0) is 10.0 Å². The second-order valence-electron chi connectivity index (χ2n) is 3.59. The summed E-state index contributed by atoms with van der Waals surface area (Å²) in [6.45, 7) is 4.08. The number of hydrogen-bond acceptors (Lipinski definition) is 4. The van der Waals surface area contributed by atoms with E-state index in [0.29, 0.717) is 15.8 Å². The van der Waals surface area contributed by atoms with Crippen molar-refractivity contribution in [1.29, 1.82) is 0 Å². The summed E-state index contributed by atoms with van der Waals surface area (Å²) < 4.78 is 22.8. The Hall–Kier alpha value is -0.720. The molecule has 1 rings (SSSR count). The van der Waals surface area contributed by atoms with Crippen molar-refractivity contribution in [3.05, 3.63) is 18.2 Å². The molecule has 0 saturated carbocycles. The molecule has 0 fully saturated rings. The SMILES string of the molecule is CCC(C)Sc1ccc(N)cc1S(N)(=O)=O. The van der Waals surface area contributed by atoms with Crippen LogP contribution in [0.25, 0.3) is 0 Å². The summed E-state index contributed by atoms with van der Waals surface area (Å²) in [7, 11) is -3.71. The van der Waals surface area contributed by atoms with Crippen LogP contribution >= 0.6 is 11.8 Å². The van der Waals surface area contributed by atoms with Crippen molar-refractivity contribution in [2.24, 2.45) is 5.14 Å². The fraction of sp³-hybridized carbons (Fsp3) is 0.400. The van der Waals surface area contributed by atoms with Gasteiger partial charge in [0, 0.05) is 15.8 Å². The lowest BCUT2D eigenvalue weighted by molar-refractivity contribution is 0.596. The predicted octanol–water partition coefficient (Wildman–Crippen LogP) is 1.81. The summed E-state index contributed by atoms with van der Waals surface area (Å²) in [5.74, 6) is 0. The van der Waals surface area contributed by atoms with Gasteiger partial charge in [-0.25, -0.2) is 13.6 Å². The van der Waals surface area contributed by atoms with Crippen molar-refractivity contribution >= 4 is 27.5 Å². The molecule has 90 valence electrons. The van der Waals surface area contributed by atoms with Crippen LogP contribution in [0.3, 0.4) is 0 Å². The van der Waals surface area contributed by atoms with Crippen molar-refractivity contribution < 1.29 is 8.42 Å². The normalized spacial score (nSPS) is 13.7. The van der Waals surface area contributed by atoms with Gasteiger partial charge in [-0.15, -0.1) is 11.8 Å². The third-order valence-electron chi connectivity index (χ3n) is 2.18. The van der Waals surface area contributed by atoms with Crippen LogP contribution < -0.4 is 10.9 Å². The van der Waals surface area contributed by atoms with Gasteiger partial charge >= 0.3 is 0 Å². The highest BCUT2D eigenvalue weighted by Gasteiger charge is 2.16. The number of hydrogen-bond donors (Lipinski definition) is 2. The number of benzene rings is 1. The first-order chi connectivity index (χ1) is 7.34. The number of nitrogens with two attached hydrogens (primary N) is 2. The molecule has 0 amide bonds. The molecule has 0 aliphatic heterocycles. The molecular formula is C10H16N2O2S2. The van der Waals surface area contributed by atoms with Gasteiger partial charge in [0.05, 0.1) is 4.90 Å². The highest BCUT2D eigenvalue weighted by molar-refractivity contribution is 8.00. The van der Waals surface area contributed by atoms with E-state index in [1.54, 1.807) is 12.1 Å². The summed E-state index contributed by atoms with van der Waals surface area (Å²) in [4.78, 5) is 0.767. The first-order valence-corrected chi connectivity index (χ1v) is 7.36. The molecule has 4 N–H and O–H groups in total. The minimum absolute atomic E-state index is 0.109. The van der Waals surface area contributed by atoms with Gasteiger partial charge in [0.1, 0.15) is 0 Å². The number of nitrogen functional groups attached to an aromatic ring is 1. The molecule has 1 atom stereocenters. The molecule has 0 saturated heterocycles. The first-order valence-electron chi connectivity index (χ1n) is 4.93. The van der Waals surface area contributed by atoms with Gasteiger partial charge in [0.25, 0.3) is 0 Å². The third kappa shape index (κ3) is 3.40. The van der Waals surface area contributed by atoms with Gasteiger partial charge in [-0.3, -0.25) is 0 Å². The maximum absolute atomic E-state index is 11.4. The Morgan fingerprint density at radius 2 is 2.06 bits per heavy atom. The van der Waals surface area contributed by atoms with E-state index in [1.807, 2.05) is 13.8 Å². The predicted molar refractivity (Wildman–Crippen MR) is 67.8 cm³/mol. The molecule has 4 nitrogen and oxygen atoms in total. The molecule has 1 aromatic carbocycles. The Morgan fingerprint density at radius 3 is 2.56 bits per heavy atom. The average Bonchev–Trinajstić information content (AvgIpc) is 2.19. The third-order valence-corrected chi connectivity index (χ3v) is 4.60. The van der Waals surface area contributed by atoms with E-state index in [4.69, 9.17) is 10.9 Å². The van der Waals surface area contributed by atoms with E-state index in [2.05, 4.69) is 0 Å². The molecular weight excluding hydrogens is 244 g/mol. The van der Waals surface area contributed by atoms with Gasteiger partial charge in [-0.1, -0.05) is 13.8 Å². The van der Waals surface area contributed by atoms with Crippen LogP contribution in [0.15, 0.2) is 28.0 Å². The molecule has 0 spiro atoms. The van der Waals surface area contributed by atoms with Crippen LogP contribution in [0.5, 0.6) is 0 Å². The topological polar surface area (TPSA) is 86.2 Å². The zero-order chi connectivity index (χ0) is 12.3. The Balaban J connectivity index is 3.19. The van der Waals surface area contributed by atoms with Crippen molar-refractivity contribution in [3.63, 3.8) is 0 Å². The molecule has 0 radical (unpaired) electrons. The van der Waals surface area contributed by atoms with E-state index < -0.39 is 10.0 Å². The van der Waals surface area contributed by atoms with Crippen LogP contribution in [0.2, 0.25) is 0 Å². The Kier molecular flexibility index (Phi) is 4.23. The zero-order valence-electron chi connectivity index (χ0n) is 9.30. The zero-order valence-corrected chi connectivity index (χ0v) is 10.9. The maximum Gasteiger partial charge on any atom is 0.239 e. The van der Waals surface area contributed by atoms with E-state index >= 15 is 0 Å². The lowest BCUT2D eigenvalue weighted by Crippen LogP contribution is -2.14. The molecule has 0 aliphatic rings. The largest absolute Gasteiger partial charge is 0.399 e. The van der Waals surface area contributed by atoms with Gasteiger partial charge in [-0.05, 0) is 24.6 Å². The lowest BCUT2D eigenvalue weighted by atomic mass is 10.3. The van der Waals surface area contributed by atoms with Crippen LogP contribution in [0, 0.1) is 0 Å². The first kappa shape index (κ1) is 13.3. The highest BCUT2D eigenvalue weighted by Crippen LogP contribution is 2.31. The monoisotopic (exact) mass is 260 g/mol. The van der Waals surface area contributed by atoms with Crippen molar-refractivity contribution in [3.8, 4) is 0 Å². The molecule has 6 heteroatoms. The number of thioether (sulfide) groups is 1. The van der Waals surface area contributed by atoms with Crippen molar-refractivity contribution in [1.82, 2.24) is 0 Å². The number of rotatable bonds is 4. The molecule has 1 aromatic rings. The Morgan fingerprint density at radius 1 is 1.44 bits per heavy atom. The average molecular weight is 260 g/mol. The molecule has 0 heterocycles. The van der Waals surface area contributed by atoms with Crippen LogP contribution in [0.1, 0.15) is 20.3 Å². The van der Waals surface area contributed by atoms with Gasteiger partial charge in [-0.2, -0.15) is 0 Å². The summed E-state index contributed by atoms with van der Waals surface area (Å²) >= 11 is 1.49. The maximum atomic E-state index is 11.4.